The first-order valence-electron chi connectivity index (χ1n) is 5.85. The molecule has 0 aliphatic carbocycles. The predicted octanol–water partition coefficient (Wildman–Crippen LogP) is 1.69. The third-order valence-electron chi connectivity index (χ3n) is 2.28. The third kappa shape index (κ3) is 4.71. The molecule has 0 fully saturated rings. The molecule has 0 unspecified atom stereocenters. The van der Waals surface area contributed by atoms with Gasteiger partial charge < -0.3 is 14.6 Å². The highest BCUT2D eigenvalue weighted by molar-refractivity contribution is 5.71. The van der Waals surface area contributed by atoms with Gasteiger partial charge in [-0.15, -0.1) is 0 Å². The van der Waals surface area contributed by atoms with Crippen molar-refractivity contribution < 1.29 is 23.8 Å². The van der Waals surface area contributed by atoms with Crippen molar-refractivity contribution in [2.24, 2.45) is 0 Å². The van der Waals surface area contributed by atoms with Gasteiger partial charge in [-0.1, -0.05) is 0 Å². The van der Waals surface area contributed by atoms with E-state index in [0.29, 0.717) is 30.8 Å². The van der Waals surface area contributed by atoms with Crippen LogP contribution < -0.4 is 4.74 Å². The number of ether oxygens (including phenoxy) is 2. The van der Waals surface area contributed by atoms with Crippen LogP contribution in [-0.2, 0) is 16.0 Å². The van der Waals surface area contributed by atoms with Gasteiger partial charge in [0.15, 0.2) is 6.61 Å². The van der Waals surface area contributed by atoms with Crippen LogP contribution in [0.15, 0.2) is 18.2 Å². The number of aryl methyl sites for hydroxylation is 1. The topological polar surface area (TPSA) is 55.8 Å². The van der Waals surface area contributed by atoms with Crippen LogP contribution >= 0.6 is 0 Å². The number of hydrogen-bond donors (Lipinski definition) is 1. The second-order valence-electron chi connectivity index (χ2n) is 3.67. The Morgan fingerprint density at radius 3 is 2.89 bits per heavy atom. The predicted molar refractivity (Wildman–Crippen MR) is 63.9 cm³/mol. The van der Waals surface area contributed by atoms with Crippen molar-refractivity contribution in [1.82, 2.24) is 0 Å². The Bertz CT molecular complexity index is 393. The fourth-order valence-electron chi connectivity index (χ4n) is 1.45. The molecule has 1 rings (SSSR count). The van der Waals surface area contributed by atoms with Crippen LogP contribution in [0.2, 0.25) is 0 Å². The summed E-state index contributed by atoms with van der Waals surface area (Å²) in [4.78, 5) is 11.1. The zero-order chi connectivity index (χ0) is 13.4. The first-order valence-corrected chi connectivity index (χ1v) is 5.85. The van der Waals surface area contributed by atoms with E-state index in [0.717, 1.165) is 0 Å². The zero-order valence-electron chi connectivity index (χ0n) is 10.3. The van der Waals surface area contributed by atoms with Crippen molar-refractivity contribution in [2.45, 2.75) is 19.8 Å². The van der Waals surface area contributed by atoms with Gasteiger partial charge in [0.2, 0.25) is 0 Å². The van der Waals surface area contributed by atoms with Crippen LogP contribution in [0.3, 0.4) is 0 Å². The summed E-state index contributed by atoms with van der Waals surface area (Å²) in [5, 5.41) is 8.71. The van der Waals surface area contributed by atoms with Crippen LogP contribution in [0.25, 0.3) is 0 Å². The zero-order valence-corrected chi connectivity index (χ0v) is 10.3. The van der Waals surface area contributed by atoms with Gasteiger partial charge in [-0.05, 0) is 43.5 Å². The molecule has 0 aromatic heterocycles. The Labute approximate surface area is 105 Å². The number of carbonyl (C=O) groups is 1. The van der Waals surface area contributed by atoms with Gasteiger partial charge in [0.05, 0.1) is 6.61 Å². The number of benzene rings is 1. The molecule has 0 bridgehead atoms. The first-order chi connectivity index (χ1) is 8.67. The van der Waals surface area contributed by atoms with E-state index in [4.69, 9.17) is 14.6 Å². The molecule has 0 aliphatic heterocycles. The molecule has 0 aliphatic rings. The summed E-state index contributed by atoms with van der Waals surface area (Å²) in [6.45, 7) is 1.82. The second kappa shape index (κ2) is 7.66. The van der Waals surface area contributed by atoms with Gasteiger partial charge in [-0.2, -0.15) is 0 Å². The number of aliphatic hydroxyl groups excluding tert-OH is 1. The average Bonchev–Trinajstić information content (AvgIpc) is 2.36. The molecule has 0 heterocycles. The third-order valence-corrected chi connectivity index (χ3v) is 2.28. The van der Waals surface area contributed by atoms with Crippen LogP contribution in [0.1, 0.15) is 18.9 Å². The molecule has 0 spiro atoms. The number of esters is 1. The van der Waals surface area contributed by atoms with Crippen molar-refractivity contribution >= 4 is 5.97 Å². The monoisotopic (exact) mass is 256 g/mol. The van der Waals surface area contributed by atoms with E-state index >= 15 is 0 Å². The minimum atomic E-state index is -0.460. The SMILES string of the molecule is CCOC(=O)COc1ccc(F)c(CCCO)c1. The maximum atomic E-state index is 13.4. The number of carbonyl (C=O) groups excluding carboxylic acids is 1. The van der Waals surface area contributed by atoms with Gasteiger partial charge in [-0.25, -0.2) is 9.18 Å². The summed E-state index contributed by atoms with van der Waals surface area (Å²) >= 11 is 0. The maximum absolute atomic E-state index is 13.4. The van der Waals surface area contributed by atoms with Gasteiger partial charge >= 0.3 is 5.97 Å². The van der Waals surface area contributed by atoms with E-state index in [1.54, 1.807) is 6.92 Å². The second-order valence-corrected chi connectivity index (χ2v) is 3.67. The van der Waals surface area contributed by atoms with Gasteiger partial charge in [-0.3, -0.25) is 0 Å². The summed E-state index contributed by atoms with van der Waals surface area (Å²) in [5.41, 5.74) is 0.463. The van der Waals surface area contributed by atoms with E-state index < -0.39 is 5.97 Å². The van der Waals surface area contributed by atoms with E-state index in [-0.39, 0.29) is 19.0 Å². The summed E-state index contributed by atoms with van der Waals surface area (Å²) in [6, 6.07) is 4.27. The molecule has 100 valence electrons. The molecule has 4 nitrogen and oxygen atoms in total. The van der Waals surface area contributed by atoms with Crippen molar-refractivity contribution in [2.75, 3.05) is 19.8 Å². The molecule has 1 aromatic carbocycles. The van der Waals surface area contributed by atoms with Crippen molar-refractivity contribution in [3.8, 4) is 5.75 Å². The fraction of sp³-hybridized carbons (Fsp3) is 0.462. The first kappa shape index (κ1) is 14.4. The maximum Gasteiger partial charge on any atom is 0.344 e. The molecular weight excluding hydrogens is 239 g/mol. The molecule has 0 saturated heterocycles. The molecule has 18 heavy (non-hydrogen) atoms. The molecule has 5 heteroatoms. The highest BCUT2D eigenvalue weighted by Crippen LogP contribution is 2.18. The minimum Gasteiger partial charge on any atom is -0.482 e. The summed E-state index contributed by atoms with van der Waals surface area (Å²) in [6.07, 6.45) is 0.914. The number of aliphatic hydroxyl groups is 1. The van der Waals surface area contributed by atoms with E-state index in [9.17, 15) is 9.18 Å². The lowest BCUT2D eigenvalue weighted by Crippen LogP contribution is -2.14. The Morgan fingerprint density at radius 2 is 2.22 bits per heavy atom. The van der Waals surface area contributed by atoms with Crippen molar-refractivity contribution in [3.05, 3.63) is 29.6 Å². The lowest BCUT2D eigenvalue weighted by Gasteiger charge is -2.08. The molecule has 0 saturated carbocycles. The molecule has 0 amide bonds. The number of hydrogen-bond acceptors (Lipinski definition) is 4. The molecule has 0 radical (unpaired) electrons. The van der Waals surface area contributed by atoms with Gasteiger partial charge in [0.25, 0.3) is 0 Å². The average molecular weight is 256 g/mol. The van der Waals surface area contributed by atoms with Crippen molar-refractivity contribution in [3.63, 3.8) is 0 Å². The van der Waals surface area contributed by atoms with Crippen LogP contribution in [0, 0.1) is 5.82 Å². The summed E-state index contributed by atoms with van der Waals surface area (Å²) < 4.78 is 23.3. The highest BCUT2D eigenvalue weighted by Gasteiger charge is 2.07. The Kier molecular flexibility index (Phi) is 6.14. The quantitative estimate of drug-likeness (QED) is 0.754. The smallest absolute Gasteiger partial charge is 0.344 e. The number of halogens is 1. The standard InChI is InChI=1S/C13H17FO4/c1-2-17-13(16)9-18-11-5-6-12(14)10(8-11)4-3-7-15/h5-6,8,15H,2-4,7,9H2,1H3. The Morgan fingerprint density at radius 1 is 1.44 bits per heavy atom. The van der Waals surface area contributed by atoms with Crippen LogP contribution in [-0.4, -0.2) is 30.9 Å². The van der Waals surface area contributed by atoms with Crippen LogP contribution in [0.5, 0.6) is 5.75 Å². The number of rotatable bonds is 7. The molecule has 1 aromatic rings. The highest BCUT2D eigenvalue weighted by atomic mass is 19.1. The molecule has 1 N–H and O–H groups in total. The minimum absolute atomic E-state index is 0.00729. The van der Waals surface area contributed by atoms with Crippen LogP contribution in [0.4, 0.5) is 4.39 Å². The van der Waals surface area contributed by atoms with E-state index in [2.05, 4.69) is 0 Å². The van der Waals surface area contributed by atoms with Crippen molar-refractivity contribution in [1.29, 1.82) is 0 Å². The largest absolute Gasteiger partial charge is 0.482 e. The van der Waals surface area contributed by atoms with Gasteiger partial charge in [0.1, 0.15) is 11.6 Å². The van der Waals surface area contributed by atoms with E-state index in [1.165, 1.54) is 18.2 Å². The summed E-state index contributed by atoms with van der Waals surface area (Å²) in [7, 11) is 0. The summed E-state index contributed by atoms with van der Waals surface area (Å²) in [5.74, 6) is -0.386. The van der Waals surface area contributed by atoms with Gasteiger partial charge in [0, 0.05) is 6.61 Å². The molecular formula is C13H17FO4. The molecule has 0 atom stereocenters. The lowest BCUT2D eigenvalue weighted by atomic mass is 10.1. The lowest BCUT2D eigenvalue weighted by molar-refractivity contribution is -0.145. The normalized spacial score (nSPS) is 10.2. The Balaban J connectivity index is 2.58. The Hall–Kier alpha value is -1.62. The fourth-order valence-corrected chi connectivity index (χ4v) is 1.45. The van der Waals surface area contributed by atoms with E-state index in [1.807, 2.05) is 0 Å².